The average molecular weight is 232 g/mol. The molecule has 0 unspecified atom stereocenters. The van der Waals surface area contributed by atoms with Gasteiger partial charge in [0.2, 0.25) is 6.41 Å². The van der Waals surface area contributed by atoms with Crippen LogP contribution in [-0.4, -0.2) is 42.6 Å². The van der Waals surface area contributed by atoms with E-state index < -0.39 is 0 Å². The normalized spacial score (nSPS) is 14.8. The van der Waals surface area contributed by atoms with Crippen LogP contribution in [0.5, 0.6) is 0 Å². The fraction of sp³-hybridized carbons (Fsp3) is 0.400. The molecule has 0 aromatic carbocycles. The summed E-state index contributed by atoms with van der Waals surface area (Å²) < 4.78 is 3.55. The van der Waals surface area contributed by atoms with Crippen LogP contribution in [0.25, 0.3) is 5.82 Å². The Balaban J connectivity index is 2.02. The molecule has 3 heterocycles. The number of fused-ring (bicyclic) bond motifs is 1. The van der Waals surface area contributed by atoms with Crippen molar-refractivity contribution in [1.29, 1.82) is 0 Å². The summed E-state index contributed by atoms with van der Waals surface area (Å²) in [5.74, 6) is 0.887. The second-order valence-electron chi connectivity index (χ2n) is 4.03. The zero-order valence-electron chi connectivity index (χ0n) is 9.44. The van der Waals surface area contributed by atoms with E-state index in [9.17, 15) is 4.79 Å². The molecule has 7 nitrogen and oxygen atoms in total. The number of hydrogen-bond donors (Lipinski definition) is 0. The molecule has 0 fully saturated rings. The molecule has 1 aliphatic heterocycles. The first-order chi connectivity index (χ1) is 8.29. The van der Waals surface area contributed by atoms with Crippen LogP contribution in [0, 0.1) is 0 Å². The molecule has 0 bridgehead atoms. The van der Waals surface area contributed by atoms with Crippen LogP contribution in [0.2, 0.25) is 0 Å². The Morgan fingerprint density at radius 3 is 3.06 bits per heavy atom. The molecule has 7 heteroatoms. The lowest BCUT2D eigenvalue weighted by Crippen LogP contribution is -2.30. The predicted molar refractivity (Wildman–Crippen MR) is 58.3 cm³/mol. The highest BCUT2D eigenvalue weighted by Crippen LogP contribution is 2.18. The van der Waals surface area contributed by atoms with Crippen molar-refractivity contribution in [3.05, 3.63) is 23.7 Å². The highest BCUT2D eigenvalue weighted by atomic mass is 16.1. The molecule has 0 saturated heterocycles. The highest BCUT2D eigenvalue weighted by Gasteiger charge is 2.22. The molecule has 0 N–H and O–H groups in total. The van der Waals surface area contributed by atoms with Crippen LogP contribution in [0.4, 0.5) is 0 Å². The molecule has 0 saturated carbocycles. The van der Waals surface area contributed by atoms with Gasteiger partial charge in [0, 0.05) is 26.1 Å². The van der Waals surface area contributed by atoms with E-state index in [2.05, 4.69) is 15.4 Å². The molecular formula is C10H12N6O. The van der Waals surface area contributed by atoms with Gasteiger partial charge in [-0.1, -0.05) is 5.21 Å². The van der Waals surface area contributed by atoms with E-state index in [4.69, 9.17) is 0 Å². The zero-order valence-corrected chi connectivity index (χ0v) is 9.44. The third-order valence-corrected chi connectivity index (χ3v) is 2.99. The number of amides is 1. The fourth-order valence-corrected chi connectivity index (χ4v) is 2.08. The number of carbonyl (C=O) groups excluding carboxylic acids is 1. The molecule has 0 spiro atoms. The standard InChI is InChI=1S/C10H12N6O/c1-14-10(2-4-11-14)16-9-3-5-15(7-17)6-8(9)12-13-16/h2,4,7H,3,5-6H2,1H3. The third kappa shape index (κ3) is 1.50. The van der Waals surface area contributed by atoms with E-state index in [0.29, 0.717) is 13.1 Å². The van der Waals surface area contributed by atoms with Gasteiger partial charge in [-0.15, -0.1) is 5.10 Å². The van der Waals surface area contributed by atoms with Crippen LogP contribution in [-0.2, 0) is 24.8 Å². The van der Waals surface area contributed by atoms with Crippen molar-refractivity contribution in [3.63, 3.8) is 0 Å². The Bertz CT molecular complexity index is 557. The summed E-state index contributed by atoms with van der Waals surface area (Å²) in [5.41, 5.74) is 1.93. The summed E-state index contributed by atoms with van der Waals surface area (Å²) in [5, 5.41) is 12.4. The summed E-state index contributed by atoms with van der Waals surface area (Å²) in [4.78, 5) is 12.4. The second kappa shape index (κ2) is 3.69. The molecule has 2 aromatic heterocycles. The molecule has 2 aromatic rings. The summed E-state index contributed by atoms with van der Waals surface area (Å²) >= 11 is 0. The van der Waals surface area contributed by atoms with Crippen molar-refractivity contribution >= 4 is 6.41 Å². The smallest absolute Gasteiger partial charge is 0.210 e. The molecule has 0 radical (unpaired) electrons. The summed E-state index contributed by atoms with van der Waals surface area (Å²) in [6, 6.07) is 1.89. The van der Waals surface area contributed by atoms with Crippen LogP contribution in [0.1, 0.15) is 11.4 Å². The number of aryl methyl sites for hydroxylation is 1. The maximum absolute atomic E-state index is 10.7. The largest absolute Gasteiger partial charge is 0.339 e. The topological polar surface area (TPSA) is 68.8 Å². The lowest BCUT2D eigenvalue weighted by Gasteiger charge is -2.21. The van der Waals surface area contributed by atoms with Crippen LogP contribution in [0.15, 0.2) is 12.3 Å². The van der Waals surface area contributed by atoms with Gasteiger partial charge in [0.15, 0.2) is 5.82 Å². The van der Waals surface area contributed by atoms with E-state index in [1.165, 1.54) is 0 Å². The van der Waals surface area contributed by atoms with Crippen molar-refractivity contribution in [3.8, 4) is 5.82 Å². The van der Waals surface area contributed by atoms with Gasteiger partial charge in [-0.3, -0.25) is 9.48 Å². The Hall–Kier alpha value is -2.18. The van der Waals surface area contributed by atoms with E-state index in [0.717, 1.165) is 30.0 Å². The van der Waals surface area contributed by atoms with Crippen LogP contribution >= 0.6 is 0 Å². The van der Waals surface area contributed by atoms with Crippen LogP contribution in [0.3, 0.4) is 0 Å². The molecule has 1 amide bonds. The molecule has 0 aliphatic carbocycles. The van der Waals surface area contributed by atoms with Gasteiger partial charge < -0.3 is 4.90 Å². The highest BCUT2D eigenvalue weighted by molar-refractivity contribution is 5.48. The van der Waals surface area contributed by atoms with Crippen molar-refractivity contribution in [1.82, 2.24) is 29.7 Å². The summed E-state index contributed by atoms with van der Waals surface area (Å²) in [6.45, 7) is 1.25. The molecule has 0 atom stereocenters. The molecule has 17 heavy (non-hydrogen) atoms. The number of hydrogen-bond acceptors (Lipinski definition) is 4. The number of rotatable bonds is 2. The Morgan fingerprint density at radius 2 is 2.35 bits per heavy atom. The fourth-order valence-electron chi connectivity index (χ4n) is 2.08. The average Bonchev–Trinajstić information content (AvgIpc) is 2.94. The lowest BCUT2D eigenvalue weighted by molar-refractivity contribution is -0.119. The first kappa shape index (κ1) is 10.0. The number of carbonyl (C=O) groups is 1. The molecule has 88 valence electrons. The van der Waals surface area contributed by atoms with Crippen molar-refractivity contribution in [2.24, 2.45) is 7.05 Å². The van der Waals surface area contributed by atoms with Crippen LogP contribution < -0.4 is 0 Å². The van der Waals surface area contributed by atoms with E-state index in [1.807, 2.05) is 13.1 Å². The molecular weight excluding hydrogens is 220 g/mol. The molecule has 1 aliphatic rings. The first-order valence-electron chi connectivity index (χ1n) is 5.41. The van der Waals surface area contributed by atoms with Gasteiger partial charge in [0.25, 0.3) is 0 Å². The van der Waals surface area contributed by atoms with Gasteiger partial charge >= 0.3 is 0 Å². The zero-order chi connectivity index (χ0) is 11.8. The Labute approximate surface area is 97.6 Å². The maximum Gasteiger partial charge on any atom is 0.210 e. The Kier molecular flexibility index (Phi) is 2.17. The summed E-state index contributed by atoms with van der Waals surface area (Å²) in [7, 11) is 1.87. The summed E-state index contributed by atoms with van der Waals surface area (Å²) in [6.07, 6.45) is 3.35. The van der Waals surface area contributed by atoms with Gasteiger partial charge in [0.1, 0.15) is 5.69 Å². The third-order valence-electron chi connectivity index (χ3n) is 2.99. The molecule has 3 rings (SSSR count). The minimum atomic E-state index is 0.538. The van der Waals surface area contributed by atoms with Crippen molar-refractivity contribution < 1.29 is 4.79 Å². The van der Waals surface area contributed by atoms with Gasteiger partial charge in [-0.05, 0) is 0 Å². The first-order valence-corrected chi connectivity index (χ1v) is 5.41. The quantitative estimate of drug-likeness (QED) is 0.655. The van der Waals surface area contributed by atoms with Gasteiger partial charge in [-0.25, -0.2) is 0 Å². The number of nitrogens with zero attached hydrogens (tertiary/aromatic N) is 6. The monoisotopic (exact) mass is 232 g/mol. The van der Waals surface area contributed by atoms with E-state index in [1.54, 1.807) is 20.5 Å². The lowest BCUT2D eigenvalue weighted by atomic mass is 10.1. The van der Waals surface area contributed by atoms with Gasteiger partial charge in [0.05, 0.1) is 18.4 Å². The predicted octanol–water partition coefficient (Wildman–Crippen LogP) is -0.485. The van der Waals surface area contributed by atoms with Crippen molar-refractivity contribution in [2.75, 3.05) is 6.54 Å². The van der Waals surface area contributed by atoms with Crippen molar-refractivity contribution in [2.45, 2.75) is 13.0 Å². The Morgan fingerprint density at radius 1 is 1.47 bits per heavy atom. The SMILES string of the molecule is Cn1nccc1-n1nnc2c1CCN(C=O)C2. The number of aromatic nitrogens is 5. The minimum Gasteiger partial charge on any atom is -0.339 e. The maximum atomic E-state index is 10.7. The van der Waals surface area contributed by atoms with Gasteiger partial charge in [-0.2, -0.15) is 9.78 Å². The minimum absolute atomic E-state index is 0.538. The van der Waals surface area contributed by atoms with E-state index in [-0.39, 0.29) is 0 Å². The second-order valence-corrected chi connectivity index (χ2v) is 4.03. The van der Waals surface area contributed by atoms with E-state index >= 15 is 0 Å².